The van der Waals surface area contributed by atoms with Crippen molar-refractivity contribution < 1.29 is 4.79 Å². The predicted octanol–water partition coefficient (Wildman–Crippen LogP) is 7.11. The van der Waals surface area contributed by atoms with Crippen LogP contribution < -0.4 is 10.6 Å². The zero-order valence-corrected chi connectivity index (χ0v) is 24.2. The van der Waals surface area contributed by atoms with E-state index in [1.807, 2.05) is 61.5 Å². The average molecular weight is 579 g/mol. The fraction of sp³-hybridized carbons (Fsp3) is 0.233. The van der Waals surface area contributed by atoms with Gasteiger partial charge >= 0.3 is 0 Å². The molecule has 1 saturated heterocycles. The van der Waals surface area contributed by atoms with Crippen LogP contribution in [0.25, 0.3) is 5.69 Å². The first kappa shape index (κ1) is 27.2. The highest BCUT2D eigenvalue weighted by Crippen LogP contribution is 2.42. The van der Waals surface area contributed by atoms with Gasteiger partial charge in [0.05, 0.1) is 28.5 Å². The molecule has 2 aromatic carbocycles. The highest BCUT2D eigenvalue weighted by Gasteiger charge is 2.41. The molecule has 6 nitrogen and oxygen atoms in total. The van der Waals surface area contributed by atoms with Crippen LogP contribution in [0.3, 0.4) is 0 Å². The average Bonchev–Trinajstić information content (AvgIpc) is 3.38. The lowest BCUT2D eigenvalue weighted by atomic mass is 9.96. The number of halogens is 2. The molecule has 0 bridgehead atoms. The Kier molecular flexibility index (Phi) is 7.93. The Labute approximate surface area is 244 Å². The van der Waals surface area contributed by atoms with Gasteiger partial charge in [0.1, 0.15) is 0 Å². The van der Waals surface area contributed by atoms with Crippen molar-refractivity contribution in [2.75, 3.05) is 11.9 Å². The van der Waals surface area contributed by atoms with Crippen LogP contribution in [0.1, 0.15) is 46.7 Å². The molecule has 0 radical (unpaired) electrons. The van der Waals surface area contributed by atoms with Gasteiger partial charge in [0.15, 0.2) is 5.11 Å². The SMILES string of the molecule is Cc1cccc(NC(=O)CCN2C(=S)N[C@H](c3ccccn3)[C@H]2c2cc(C)n(-c3ccc(Cl)cc3Cl)c2C)c1. The fourth-order valence-electron chi connectivity index (χ4n) is 5.27. The van der Waals surface area contributed by atoms with Crippen molar-refractivity contribution in [3.05, 3.63) is 111 Å². The minimum absolute atomic E-state index is 0.0677. The van der Waals surface area contributed by atoms with Gasteiger partial charge in [0, 0.05) is 41.3 Å². The first-order chi connectivity index (χ1) is 18.7. The zero-order chi connectivity index (χ0) is 27.7. The minimum atomic E-state index is -0.187. The van der Waals surface area contributed by atoms with Crippen molar-refractivity contribution >= 4 is 52.1 Å². The van der Waals surface area contributed by atoms with E-state index in [1.165, 1.54) is 0 Å². The summed E-state index contributed by atoms with van der Waals surface area (Å²) in [6, 6.07) is 21.0. The van der Waals surface area contributed by atoms with E-state index >= 15 is 0 Å². The molecular formula is C30H29Cl2N5OS. The number of amides is 1. The molecule has 0 spiro atoms. The summed E-state index contributed by atoms with van der Waals surface area (Å²) in [5, 5.41) is 8.23. The lowest BCUT2D eigenvalue weighted by molar-refractivity contribution is -0.116. The Morgan fingerprint density at radius 2 is 1.87 bits per heavy atom. The Balaban J connectivity index is 1.48. The molecular weight excluding hydrogens is 549 g/mol. The highest BCUT2D eigenvalue weighted by atomic mass is 35.5. The van der Waals surface area contributed by atoms with E-state index in [-0.39, 0.29) is 24.4 Å². The summed E-state index contributed by atoms with van der Waals surface area (Å²) in [5.74, 6) is -0.0677. The number of carbonyl (C=O) groups is 1. The van der Waals surface area contributed by atoms with Gasteiger partial charge in [-0.1, -0.05) is 41.4 Å². The molecule has 4 aromatic rings. The van der Waals surface area contributed by atoms with Gasteiger partial charge in [0.25, 0.3) is 0 Å². The molecule has 2 N–H and O–H groups in total. The second-order valence-corrected chi connectivity index (χ2v) is 11.0. The Morgan fingerprint density at radius 3 is 2.59 bits per heavy atom. The maximum absolute atomic E-state index is 12.9. The van der Waals surface area contributed by atoms with Crippen LogP contribution in [0.4, 0.5) is 5.69 Å². The number of thiocarbonyl (C=S) groups is 1. The normalized spacial score (nSPS) is 16.8. The van der Waals surface area contributed by atoms with Crippen molar-refractivity contribution in [3.8, 4) is 5.69 Å². The molecule has 9 heteroatoms. The Hall–Kier alpha value is -3.39. The number of carbonyl (C=O) groups excluding carboxylic acids is 1. The van der Waals surface area contributed by atoms with Gasteiger partial charge in [-0.2, -0.15) is 0 Å². The molecule has 3 heterocycles. The van der Waals surface area contributed by atoms with E-state index in [2.05, 4.69) is 45.0 Å². The van der Waals surface area contributed by atoms with Crippen LogP contribution in [-0.4, -0.2) is 32.0 Å². The van der Waals surface area contributed by atoms with E-state index < -0.39 is 0 Å². The Morgan fingerprint density at radius 1 is 1.05 bits per heavy atom. The third kappa shape index (κ3) is 5.66. The summed E-state index contributed by atoms with van der Waals surface area (Å²) in [6.07, 6.45) is 2.06. The standard InChI is InChI=1S/C30H29Cl2N5OS/c1-18-7-6-8-22(15-18)34-27(38)12-14-36-29(28(35-30(36)39)25-9-4-5-13-33-25)23-16-19(2)37(20(23)3)26-11-10-21(31)17-24(26)32/h4-11,13,15-17,28-29H,12,14H2,1-3H3,(H,34,38)(H,35,39)/t28-,29-/m1/s1. The monoisotopic (exact) mass is 577 g/mol. The third-order valence-electron chi connectivity index (χ3n) is 7.02. The van der Waals surface area contributed by atoms with E-state index in [0.717, 1.165) is 39.6 Å². The van der Waals surface area contributed by atoms with Gasteiger partial charge in [0.2, 0.25) is 5.91 Å². The Bertz CT molecular complexity index is 1540. The van der Waals surface area contributed by atoms with Gasteiger partial charge in [-0.05, 0) is 92.6 Å². The first-order valence-corrected chi connectivity index (χ1v) is 13.9. The second-order valence-electron chi connectivity index (χ2n) is 9.75. The summed E-state index contributed by atoms with van der Waals surface area (Å²) in [7, 11) is 0. The van der Waals surface area contributed by atoms with Gasteiger partial charge in [-0.15, -0.1) is 0 Å². The summed E-state index contributed by atoms with van der Waals surface area (Å²) in [6.45, 7) is 6.58. The van der Waals surface area contributed by atoms with E-state index in [0.29, 0.717) is 21.7 Å². The van der Waals surface area contributed by atoms with Gasteiger partial charge in [-0.3, -0.25) is 9.78 Å². The number of pyridine rings is 1. The first-order valence-electron chi connectivity index (χ1n) is 12.7. The smallest absolute Gasteiger partial charge is 0.226 e. The van der Waals surface area contributed by atoms with Crippen LogP contribution in [-0.2, 0) is 4.79 Å². The van der Waals surface area contributed by atoms with Crippen LogP contribution in [0, 0.1) is 20.8 Å². The van der Waals surface area contributed by atoms with Crippen LogP contribution in [0.5, 0.6) is 0 Å². The molecule has 0 aliphatic carbocycles. The molecule has 1 amide bonds. The second kappa shape index (κ2) is 11.4. The zero-order valence-electron chi connectivity index (χ0n) is 21.9. The maximum atomic E-state index is 12.9. The van der Waals surface area contributed by atoms with Crippen molar-refractivity contribution in [1.82, 2.24) is 19.8 Å². The summed E-state index contributed by atoms with van der Waals surface area (Å²) >= 11 is 18.6. The van der Waals surface area contributed by atoms with Crippen molar-refractivity contribution in [2.45, 2.75) is 39.3 Å². The fourth-order valence-corrected chi connectivity index (χ4v) is 6.10. The number of anilines is 1. The molecule has 200 valence electrons. The number of benzene rings is 2. The highest BCUT2D eigenvalue weighted by molar-refractivity contribution is 7.80. The largest absolute Gasteiger partial charge is 0.352 e. The molecule has 1 aliphatic heterocycles. The predicted molar refractivity (Wildman–Crippen MR) is 162 cm³/mol. The lowest BCUT2D eigenvalue weighted by Gasteiger charge is -2.28. The molecule has 1 fully saturated rings. The summed E-state index contributed by atoms with van der Waals surface area (Å²) in [4.78, 5) is 19.6. The minimum Gasteiger partial charge on any atom is -0.352 e. The molecule has 2 atom stereocenters. The summed E-state index contributed by atoms with van der Waals surface area (Å²) in [5.41, 5.74) is 6.76. The third-order valence-corrected chi connectivity index (χ3v) is 7.91. The number of nitrogens with zero attached hydrogens (tertiary/aromatic N) is 3. The molecule has 0 saturated carbocycles. The topological polar surface area (TPSA) is 62.2 Å². The molecule has 0 unspecified atom stereocenters. The number of nitrogens with one attached hydrogen (secondary N) is 2. The summed E-state index contributed by atoms with van der Waals surface area (Å²) < 4.78 is 2.13. The van der Waals surface area contributed by atoms with Crippen molar-refractivity contribution in [3.63, 3.8) is 0 Å². The van der Waals surface area contributed by atoms with E-state index in [9.17, 15) is 4.79 Å². The molecule has 5 rings (SSSR count). The van der Waals surface area contributed by atoms with Gasteiger partial charge in [-0.25, -0.2) is 0 Å². The number of hydrogen-bond acceptors (Lipinski definition) is 3. The number of rotatable bonds is 7. The maximum Gasteiger partial charge on any atom is 0.226 e. The van der Waals surface area contributed by atoms with Crippen molar-refractivity contribution in [2.24, 2.45) is 0 Å². The van der Waals surface area contributed by atoms with E-state index in [4.69, 9.17) is 35.4 Å². The van der Waals surface area contributed by atoms with Crippen LogP contribution in [0.15, 0.2) is 72.9 Å². The number of aryl methyl sites for hydroxylation is 2. The van der Waals surface area contributed by atoms with Gasteiger partial charge < -0.3 is 20.1 Å². The molecule has 2 aromatic heterocycles. The number of aromatic nitrogens is 2. The molecule has 1 aliphatic rings. The van der Waals surface area contributed by atoms with Crippen LogP contribution >= 0.6 is 35.4 Å². The quantitative estimate of drug-likeness (QED) is 0.229. The van der Waals surface area contributed by atoms with Crippen LogP contribution in [0.2, 0.25) is 10.0 Å². The van der Waals surface area contributed by atoms with E-state index in [1.54, 1.807) is 12.3 Å². The molecule has 39 heavy (non-hydrogen) atoms. The number of hydrogen-bond donors (Lipinski definition) is 2. The van der Waals surface area contributed by atoms with Crippen molar-refractivity contribution in [1.29, 1.82) is 0 Å². The lowest BCUT2D eigenvalue weighted by Crippen LogP contribution is -2.32.